The molecule has 1 fully saturated rings. The van der Waals surface area contributed by atoms with Gasteiger partial charge in [-0.05, 0) is 86.5 Å². The summed E-state index contributed by atoms with van der Waals surface area (Å²) in [4.78, 5) is 2.61. The van der Waals surface area contributed by atoms with E-state index >= 15 is 0 Å². The van der Waals surface area contributed by atoms with Crippen molar-refractivity contribution < 1.29 is 4.39 Å². The van der Waals surface area contributed by atoms with Gasteiger partial charge in [-0.1, -0.05) is 43.2 Å². The van der Waals surface area contributed by atoms with Gasteiger partial charge in [0, 0.05) is 18.3 Å². The third-order valence-electron chi connectivity index (χ3n) is 6.23. The molecule has 1 aliphatic rings. The minimum atomic E-state index is -0.133. The Bertz CT molecular complexity index is 860. The molecule has 0 N–H and O–H groups in total. The van der Waals surface area contributed by atoms with Gasteiger partial charge in [-0.15, -0.1) is 0 Å². The van der Waals surface area contributed by atoms with Crippen LogP contribution in [0.25, 0.3) is 10.9 Å². The Labute approximate surface area is 168 Å². The topological polar surface area (TPSA) is 8.17 Å². The molecule has 0 aliphatic carbocycles. The van der Waals surface area contributed by atoms with Crippen LogP contribution in [-0.2, 0) is 6.54 Å². The van der Waals surface area contributed by atoms with E-state index in [1.54, 1.807) is 12.1 Å². The van der Waals surface area contributed by atoms with Gasteiger partial charge in [0.1, 0.15) is 5.82 Å². The van der Waals surface area contributed by atoms with Gasteiger partial charge < -0.3 is 9.47 Å². The molecule has 1 aliphatic heterocycles. The van der Waals surface area contributed by atoms with E-state index in [9.17, 15) is 4.39 Å². The van der Waals surface area contributed by atoms with Gasteiger partial charge in [0.15, 0.2) is 0 Å². The number of hydrogen-bond acceptors (Lipinski definition) is 1. The number of benzene rings is 2. The molecule has 0 atom stereocenters. The summed E-state index contributed by atoms with van der Waals surface area (Å²) >= 11 is 0. The average Bonchev–Trinajstić information content (AvgIpc) is 3.15. The van der Waals surface area contributed by atoms with Crippen LogP contribution in [-0.4, -0.2) is 29.1 Å². The molecule has 0 unspecified atom stereocenters. The average molecular weight is 379 g/mol. The Hall–Kier alpha value is -2.13. The molecule has 0 bridgehead atoms. The molecule has 0 spiro atoms. The summed E-state index contributed by atoms with van der Waals surface area (Å²) < 4.78 is 15.5. The summed E-state index contributed by atoms with van der Waals surface area (Å²) in [5.74, 6) is 0.472. The maximum absolute atomic E-state index is 13.1. The zero-order chi connectivity index (χ0) is 19.2. The number of halogens is 1. The molecule has 148 valence electrons. The van der Waals surface area contributed by atoms with E-state index in [1.165, 1.54) is 74.6 Å². The highest BCUT2D eigenvalue weighted by Crippen LogP contribution is 2.28. The van der Waals surface area contributed by atoms with Gasteiger partial charge in [-0.3, -0.25) is 0 Å². The number of aromatic nitrogens is 1. The zero-order valence-corrected chi connectivity index (χ0v) is 16.7. The normalized spacial score (nSPS) is 16.0. The van der Waals surface area contributed by atoms with Crippen LogP contribution in [0.5, 0.6) is 0 Å². The predicted octanol–water partition coefficient (Wildman–Crippen LogP) is 6.22. The van der Waals surface area contributed by atoms with Crippen molar-refractivity contribution in [2.75, 3.05) is 19.6 Å². The Morgan fingerprint density at radius 1 is 0.786 bits per heavy atom. The molecular formula is C25H31FN2. The van der Waals surface area contributed by atoms with Crippen LogP contribution in [0.15, 0.2) is 60.8 Å². The molecule has 4 rings (SSSR count). The van der Waals surface area contributed by atoms with Crippen LogP contribution in [0.1, 0.15) is 50.0 Å². The predicted molar refractivity (Wildman–Crippen MR) is 115 cm³/mol. The van der Waals surface area contributed by atoms with Crippen LogP contribution >= 0.6 is 0 Å². The van der Waals surface area contributed by atoms with Crippen molar-refractivity contribution in [2.24, 2.45) is 0 Å². The lowest BCUT2D eigenvalue weighted by Crippen LogP contribution is -2.33. The summed E-state index contributed by atoms with van der Waals surface area (Å²) in [5.41, 5.74) is 2.66. The van der Waals surface area contributed by atoms with Crippen molar-refractivity contribution >= 4 is 10.9 Å². The maximum Gasteiger partial charge on any atom is 0.123 e. The van der Waals surface area contributed by atoms with Crippen LogP contribution in [0.3, 0.4) is 0 Å². The van der Waals surface area contributed by atoms with Gasteiger partial charge in [0.25, 0.3) is 0 Å². The largest absolute Gasteiger partial charge is 0.347 e. The van der Waals surface area contributed by atoms with Crippen molar-refractivity contribution in [2.45, 2.75) is 51.0 Å². The first-order valence-corrected chi connectivity index (χ1v) is 10.8. The number of likely N-dealkylation sites (tertiary alicyclic amines) is 1. The number of para-hydroxylation sites is 1. The number of hydrogen-bond donors (Lipinski definition) is 0. The molecule has 2 heterocycles. The lowest BCUT2D eigenvalue weighted by molar-refractivity contribution is 0.208. The molecule has 0 saturated carbocycles. The first kappa shape index (κ1) is 19.2. The van der Waals surface area contributed by atoms with Gasteiger partial charge in [0.2, 0.25) is 0 Å². The molecular weight excluding hydrogens is 347 g/mol. The van der Waals surface area contributed by atoms with E-state index in [4.69, 9.17) is 0 Å². The van der Waals surface area contributed by atoms with Gasteiger partial charge in [0.05, 0.1) is 0 Å². The molecule has 0 amide bonds. The fourth-order valence-electron chi connectivity index (χ4n) is 4.53. The molecule has 0 radical (unpaired) electrons. The van der Waals surface area contributed by atoms with E-state index in [0.717, 1.165) is 6.54 Å². The molecule has 1 saturated heterocycles. The van der Waals surface area contributed by atoms with Gasteiger partial charge >= 0.3 is 0 Å². The minimum absolute atomic E-state index is 0.133. The highest BCUT2D eigenvalue weighted by Gasteiger charge is 2.20. The number of unbranched alkanes of at least 4 members (excludes halogenated alkanes) is 3. The summed E-state index contributed by atoms with van der Waals surface area (Å²) in [5, 5.41) is 1.34. The van der Waals surface area contributed by atoms with E-state index in [-0.39, 0.29) is 5.82 Å². The number of rotatable bonds is 8. The van der Waals surface area contributed by atoms with Crippen molar-refractivity contribution in [3.05, 3.63) is 72.2 Å². The van der Waals surface area contributed by atoms with E-state index in [1.807, 2.05) is 12.1 Å². The van der Waals surface area contributed by atoms with Crippen molar-refractivity contribution in [3.63, 3.8) is 0 Å². The van der Waals surface area contributed by atoms with Crippen molar-refractivity contribution in [3.8, 4) is 0 Å². The second-order valence-corrected chi connectivity index (χ2v) is 8.15. The second-order valence-electron chi connectivity index (χ2n) is 8.15. The fraction of sp³-hybridized carbons (Fsp3) is 0.440. The number of nitrogens with zero attached hydrogens (tertiary/aromatic N) is 2. The summed E-state index contributed by atoms with van der Waals surface area (Å²) in [6, 6.07) is 18.0. The molecule has 28 heavy (non-hydrogen) atoms. The highest BCUT2D eigenvalue weighted by atomic mass is 19.1. The molecule has 3 aromatic rings. The number of piperidine rings is 1. The van der Waals surface area contributed by atoms with Crippen molar-refractivity contribution in [1.82, 2.24) is 9.47 Å². The number of fused-ring (bicyclic) bond motifs is 1. The van der Waals surface area contributed by atoms with Gasteiger partial charge in [-0.2, -0.15) is 0 Å². The van der Waals surface area contributed by atoms with Gasteiger partial charge in [-0.25, -0.2) is 4.39 Å². The van der Waals surface area contributed by atoms with E-state index in [0.29, 0.717) is 5.92 Å². The zero-order valence-electron chi connectivity index (χ0n) is 16.7. The van der Waals surface area contributed by atoms with Crippen molar-refractivity contribution in [1.29, 1.82) is 0 Å². The summed E-state index contributed by atoms with van der Waals surface area (Å²) in [6.07, 6.45) is 9.79. The number of aryl methyl sites for hydroxylation is 1. The molecule has 3 heteroatoms. The van der Waals surface area contributed by atoms with E-state index in [2.05, 4.69) is 46.0 Å². The minimum Gasteiger partial charge on any atom is -0.347 e. The smallest absolute Gasteiger partial charge is 0.123 e. The highest BCUT2D eigenvalue weighted by molar-refractivity contribution is 5.79. The van der Waals surface area contributed by atoms with Crippen LogP contribution in [0.2, 0.25) is 0 Å². The SMILES string of the molecule is Fc1ccc(C2CCN(CCCCCCn3ccc4ccccc43)CC2)cc1. The Morgan fingerprint density at radius 3 is 2.29 bits per heavy atom. The molecule has 2 aromatic carbocycles. The molecule has 1 aromatic heterocycles. The third kappa shape index (κ3) is 4.82. The first-order valence-electron chi connectivity index (χ1n) is 10.8. The third-order valence-corrected chi connectivity index (χ3v) is 6.23. The maximum atomic E-state index is 13.1. The summed E-state index contributed by atoms with van der Waals surface area (Å²) in [7, 11) is 0. The fourth-order valence-corrected chi connectivity index (χ4v) is 4.53. The lowest BCUT2D eigenvalue weighted by atomic mass is 9.89. The second kappa shape index (κ2) is 9.38. The summed E-state index contributed by atoms with van der Waals surface area (Å²) in [6.45, 7) is 4.70. The first-order chi connectivity index (χ1) is 13.8. The standard InChI is InChI=1S/C25H31FN2/c26-24-11-9-21(10-12-24)22-13-18-27(19-14-22)16-5-1-2-6-17-28-20-15-23-7-3-4-8-25(23)28/h3-4,7-12,15,20,22H,1-2,5-6,13-14,16-19H2. The lowest BCUT2D eigenvalue weighted by Gasteiger charge is -2.32. The quantitative estimate of drug-likeness (QED) is 0.422. The van der Waals surface area contributed by atoms with Crippen LogP contribution in [0.4, 0.5) is 4.39 Å². The molecule has 2 nitrogen and oxygen atoms in total. The van der Waals surface area contributed by atoms with Crippen LogP contribution in [0, 0.1) is 5.82 Å². The Morgan fingerprint density at radius 2 is 1.50 bits per heavy atom. The Kier molecular flexibility index (Phi) is 6.43. The van der Waals surface area contributed by atoms with E-state index < -0.39 is 0 Å². The monoisotopic (exact) mass is 378 g/mol. The van der Waals surface area contributed by atoms with Crippen LogP contribution < -0.4 is 0 Å². The Balaban J connectivity index is 1.11.